The van der Waals surface area contributed by atoms with E-state index in [0.717, 1.165) is 12.8 Å². The number of hydrogen-bond acceptors (Lipinski definition) is 2. The van der Waals surface area contributed by atoms with Crippen LogP contribution in [0.2, 0.25) is 0 Å². The van der Waals surface area contributed by atoms with Gasteiger partial charge in [0.15, 0.2) is 0 Å². The van der Waals surface area contributed by atoms with Gasteiger partial charge in [0, 0.05) is 18.6 Å². The molecule has 2 N–H and O–H groups in total. The van der Waals surface area contributed by atoms with Crippen molar-refractivity contribution in [2.24, 2.45) is 0 Å². The van der Waals surface area contributed by atoms with Crippen LogP contribution >= 0.6 is 0 Å². The molecule has 170 valence electrons. The molecule has 2 aromatic rings. The van der Waals surface area contributed by atoms with Crippen LogP contribution in [0, 0.1) is 0 Å². The van der Waals surface area contributed by atoms with Gasteiger partial charge in [0.1, 0.15) is 0 Å². The molecule has 0 amide bonds. The lowest BCUT2D eigenvalue weighted by Crippen LogP contribution is -2.26. The first-order chi connectivity index (χ1) is 15.2. The topological polar surface area (TPSA) is 40.5 Å². The molecule has 1 aliphatic carbocycles. The molecule has 0 unspecified atom stereocenters. The Balaban J connectivity index is 2.07. The zero-order valence-corrected chi connectivity index (χ0v) is 19.8. The maximum Gasteiger partial charge on any atom is 0.0471 e. The Morgan fingerprint density at radius 2 is 1.06 bits per heavy atom. The molecule has 2 heteroatoms. The van der Waals surface area contributed by atoms with E-state index in [9.17, 15) is 10.2 Å². The molecule has 3 rings (SSSR count). The minimum Gasteiger partial charge on any atom is -0.396 e. The Kier molecular flexibility index (Phi) is 9.16. The average molecular weight is 423 g/mol. The van der Waals surface area contributed by atoms with E-state index < -0.39 is 0 Å². The second kappa shape index (κ2) is 11.8. The van der Waals surface area contributed by atoms with Crippen molar-refractivity contribution in [1.82, 2.24) is 0 Å². The summed E-state index contributed by atoms with van der Waals surface area (Å²) in [5, 5.41) is 19.1. The SMILES string of the molecule is CCCCCCC1(CCCCCC)c2cc(CCO)ccc2-c2ccc(CCO)cc21. The fourth-order valence-electron chi connectivity index (χ4n) is 5.53. The number of aliphatic hydroxyl groups excluding tert-OH is 2. The molecule has 2 aromatic carbocycles. The van der Waals surface area contributed by atoms with Crippen LogP contribution in [0.15, 0.2) is 36.4 Å². The first kappa shape index (κ1) is 24.0. The van der Waals surface area contributed by atoms with Crippen LogP contribution in [0.5, 0.6) is 0 Å². The van der Waals surface area contributed by atoms with Gasteiger partial charge in [-0.25, -0.2) is 0 Å². The van der Waals surface area contributed by atoms with E-state index in [1.54, 1.807) is 0 Å². The lowest BCUT2D eigenvalue weighted by atomic mass is 9.70. The van der Waals surface area contributed by atoms with Crippen molar-refractivity contribution in [3.8, 4) is 11.1 Å². The van der Waals surface area contributed by atoms with Crippen LogP contribution in [0.25, 0.3) is 11.1 Å². The molecule has 0 fully saturated rings. The first-order valence-corrected chi connectivity index (χ1v) is 12.7. The molecule has 0 spiro atoms. The number of hydrogen-bond donors (Lipinski definition) is 2. The van der Waals surface area contributed by atoms with Crippen LogP contribution in [0.1, 0.15) is 100 Å². The normalized spacial score (nSPS) is 13.9. The van der Waals surface area contributed by atoms with Crippen LogP contribution in [0.4, 0.5) is 0 Å². The van der Waals surface area contributed by atoms with Gasteiger partial charge in [0.05, 0.1) is 0 Å². The van der Waals surface area contributed by atoms with Crippen LogP contribution in [-0.2, 0) is 18.3 Å². The quantitative estimate of drug-likeness (QED) is 0.323. The van der Waals surface area contributed by atoms with Gasteiger partial charge in [-0.05, 0) is 59.1 Å². The summed E-state index contributed by atoms with van der Waals surface area (Å²) in [6, 6.07) is 13.8. The van der Waals surface area contributed by atoms with E-state index in [2.05, 4.69) is 50.2 Å². The first-order valence-electron chi connectivity index (χ1n) is 12.7. The van der Waals surface area contributed by atoms with Crippen molar-refractivity contribution in [3.63, 3.8) is 0 Å². The molecule has 0 heterocycles. The lowest BCUT2D eigenvalue weighted by molar-refractivity contribution is 0.299. The number of fused-ring (bicyclic) bond motifs is 3. The molecular weight excluding hydrogens is 380 g/mol. The van der Waals surface area contributed by atoms with Crippen molar-refractivity contribution < 1.29 is 10.2 Å². The fraction of sp³-hybridized carbons (Fsp3) is 0.586. The summed E-state index contributed by atoms with van der Waals surface area (Å²) in [6.45, 7) is 4.96. The third-order valence-electron chi connectivity index (χ3n) is 7.20. The predicted molar refractivity (Wildman–Crippen MR) is 132 cm³/mol. The van der Waals surface area contributed by atoms with E-state index in [0.29, 0.717) is 0 Å². The second-order valence-electron chi connectivity index (χ2n) is 9.41. The summed E-state index contributed by atoms with van der Waals surface area (Å²) in [5.41, 5.74) is 8.32. The summed E-state index contributed by atoms with van der Waals surface area (Å²) in [4.78, 5) is 0. The summed E-state index contributed by atoms with van der Waals surface area (Å²) >= 11 is 0. The van der Waals surface area contributed by atoms with Gasteiger partial charge < -0.3 is 10.2 Å². The van der Waals surface area contributed by atoms with Gasteiger partial charge in [-0.1, -0.05) is 102 Å². The maximum atomic E-state index is 9.54. The number of rotatable bonds is 14. The minimum absolute atomic E-state index is 0.0725. The number of benzene rings is 2. The second-order valence-corrected chi connectivity index (χ2v) is 9.41. The highest BCUT2D eigenvalue weighted by Crippen LogP contribution is 2.54. The van der Waals surface area contributed by atoms with E-state index in [1.165, 1.54) is 97.6 Å². The van der Waals surface area contributed by atoms with E-state index in [1.807, 2.05) is 0 Å². The largest absolute Gasteiger partial charge is 0.396 e. The Hall–Kier alpha value is -1.64. The number of unbranched alkanes of at least 4 members (excludes halogenated alkanes) is 6. The van der Waals surface area contributed by atoms with Gasteiger partial charge in [-0.15, -0.1) is 0 Å². The summed E-state index contributed by atoms with van der Waals surface area (Å²) in [7, 11) is 0. The Morgan fingerprint density at radius 1 is 0.613 bits per heavy atom. The Labute approximate surface area is 189 Å². The zero-order valence-electron chi connectivity index (χ0n) is 19.8. The molecule has 0 radical (unpaired) electrons. The Bertz CT molecular complexity index is 754. The van der Waals surface area contributed by atoms with E-state index in [4.69, 9.17) is 0 Å². The van der Waals surface area contributed by atoms with Gasteiger partial charge in [-0.3, -0.25) is 0 Å². The molecular formula is C29H42O2. The van der Waals surface area contributed by atoms with Crippen molar-refractivity contribution >= 4 is 0 Å². The molecule has 0 bridgehead atoms. The summed E-state index contributed by atoms with van der Waals surface area (Å²) in [6.07, 6.45) is 14.1. The zero-order chi connectivity index (χ0) is 22.1. The fourth-order valence-corrected chi connectivity index (χ4v) is 5.53. The summed E-state index contributed by atoms with van der Waals surface area (Å²) in [5.74, 6) is 0. The molecule has 0 saturated heterocycles. The van der Waals surface area contributed by atoms with Crippen molar-refractivity contribution in [1.29, 1.82) is 0 Å². The summed E-state index contributed by atoms with van der Waals surface area (Å²) < 4.78 is 0. The van der Waals surface area contributed by atoms with Gasteiger partial charge >= 0.3 is 0 Å². The maximum absolute atomic E-state index is 9.54. The van der Waals surface area contributed by atoms with Gasteiger partial charge in [0.2, 0.25) is 0 Å². The molecule has 0 atom stereocenters. The third kappa shape index (κ3) is 5.41. The molecule has 0 aliphatic heterocycles. The van der Waals surface area contributed by atoms with E-state index >= 15 is 0 Å². The Morgan fingerprint density at radius 3 is 1.45 bits per heavy atom. The molecule has 0 aromatic heterocycles. The van der Waals surface area contributed by atoms with Crippen molar-refractivity contribution in [2.45, 2.75) is 96.3 Å². The predicted octanol–water partition coefficient (Wildman–Crippen LogP) is 6.96. The monoisotopic (exact) mass is 422 g/mol. The van der Waals surface area contributed by atoms with Crippen LogP contribution < -0.4 is 0 Å². The highest BCUT2D eigenvalue weighted by atomic mass is 16.3. The smallest absolute Gasteiger partial charge is 0.0471 e. The van der Waals surface area contributed by atoms with Crippen LogP contribution in [-0.4, -0.2) is 23.4 Å². The third-order valence-corrected chi connectivity index (χ3v) is 7.20. The average Bonchev–Trinajstić information content (AvgIpc) is 3.04. The van der Waals surface area contributed by atoms with Crippen molar-refractivity contribution in [3.05, 3.63) is 58.7 Å². The minimum atomic E-state index is 0.0725. The number of aliphatic hydroxyl groups is 2. The van der Waals surface area contributed by atoms with Gasteiger partial charge in [0.25, 0.3) is 0 Å². The molecule has 1 aliphatic rings. The highest BCUT2D eigenvalue weighted by Gasteiger charge is 2.42. The highest BCUT2D eigenvalue weighted by molar-refractivity contribution is 5.81. The van der Waals surface area contributed by atoms with E-state index in [-0.39, 0.29) is 18.6 Å². The standard InChI is InChI=1S/C29H42O2/c1-3-5-7-9-17-29(18-10-8-6-4-2)27-21-23(15-19-30)11-13-25(27)26-14-12-24(16-20-31)22-28(26)29/h11-14,21-22,30-31H,3-10,15-20H2,1-2H3. The van der Waals surface area contributed by atoms with Crippen molar-refractivity contribution in [2.75, 3.05) is 13.2 Å². The lowest BCUT2D eigenvalue weighted by Gasteiger charge is -2.33. The molecule has 0 saturated carbocycles. The van der Waals surface area contributed by atoms with Crippen LogP contribution in [0.3, 0.4) is 0 Å². The van der Waals surface area contributed by atoms with Gasteiger partial charge in [-0.2, -0.15) is 0 Å². The molecule has 31 heavy (non-hydrogen) atoms. The molecule has 2 nitrogen and oxygen atoms in total.